The van der Waals surface area contributed by atoms with E-state index >= 15 is 0 Å². The molecule has 3 nitrogen and oxygen atoms in total. The molecule has 1 saturated heterocycles. The second kappa shape index (κ2) is 5.02. The Bertz CT molecular complexity index is 359. The summed E-state index contributed by atoms with van der Waals surface area (Å²) in [6.07, 6.45) is 2.14. The van der Waals surface area contributed by atoms with Gasteiger partial charge in [-0.1, -0.05) is 6.07 Å². The molecule has 0 spiro atoms. The maximum atomic E-state index is 5.87. The molecule has 2 unspecified atom stereocenters. The number of hydrogen-bond donors (Lipinski definition) is 0. The molecular weight excluding hydrogens is 224 g/mol. The fraction of sp³-hybridized carbons (Fsp3) is 0.583. The Morgan fingerprint density at radius 1 is 1.56 bits per heavy atom. The Kier molecular flexibility index (Phi) is 3.66. The van der Waals surface area contributed by atoms with Crippen molar-refractivity contribution in [3.8, 4) is 0 Å². The molecule has 2 heterocycles. The highest BCUT2D eigenvalue weighted by Crippen LogP contribution is 2.21. The monoisotopic (exact) mass is 240 g/mol. The molecule has 0 amide bonds. The first kappa shape index (κ1) is 11.7. The number of morpholine rings is 1. The first-order chi connectivity index (χ1) is 7.70. The lowest BCUT2D eigenvalue weighted by molar-refractivity contribution is -0.00360. The van der Waals surface area contributed by atoms with Gasteiger partial charge in [0.25, 0.3) is 0 Å². The molecule has 0 bridgehead atoms. The molecule has 16 heavy (non-hydrogen) atoms. The van der Waals surface area contributed by atoms with E-state index in [0.29, 0.717) is 5.88 Å². The van der Waals surface area contributed by atoms with Crippen LogP contribution in [0.3, 0.4) is 0 Å². The summed E-state index contributed by atoms with van der Waals surface area (Å²) in [7, 11) is 0. The van der Waals surface area contributed by atoms with E-state index < -0.39 is 0 Å². The minimum Gasteiger partial charge on any atom is -0.370 e. The van der Waals surface area contributed by atoms with Gasteiger partial charge < -0.3 is 9.64 Å². The highest BCUT2D eigenvalue weighted by Gasteiger charge is 2.25. The second-order valence-electron chi connectivity index (χ2n) is 4.27. The zero-order chi connectivity index (χ0) is 11.5. The van der Waals surface area contributed by atoms with Crippen LogP contribution in [-0.2, 0) is 4.74 Å². The zero-order valence-corrected chi connectivity index (χ0v) is 10.4. The van der Waals surface area contributed by atoms with E-state index in [2.05, 4.69) is 29.8 Å². The van der Waals surface area contributed by atoms with Crippen molar-refractivity contribution in [3.05, 3.63) is 23.9 Å². The quantitative estimate of drug-likeness (QED) is 0.742. The normalized spacial score (nSPS) is 25.8. The molecular formula is C12H17ClN2O. The molecule has 1 aromatic heterocycles. The predicted molar refractivity (Wildman–Crippen MR) is 66.2 cm³/mol. The number of aromatic nitrogens is 1. The summed E-state index contributed by atoms with van der Waals surface area (Å²) in [6.45, 7) is 5.86. The van der Waals surface area contributed by atoms with Crippen molar-refractivity contribution in [1.82, 2.24) is 4.98 Å². The van der Waals surface area contributed by atoms with Gasteiger partial charge in [-0.15, -0.1) is 11.6 Å². The van der Waals surface area contributed by atoms with Crippen LogP contribution in [-0.4, -0.2) is 36.2 Å². The number of anilines is 1. The highest BCUT2D eigenvalue weighted by molar-refractivity contribution is 6.18. The zero-order valence-electron chi connectivity index (χ0n) is 9.69. The lowest BCUT2D eigenvalue weighted by Crippen LogP contribution is -2.48. The van der Waals surface area contributed by atoms with Crippen molar-refractivity contribution in [2.45, 2.75) is 26.1 Å². The standard InChI is InChI=1S/C12H17ClN2O/c1-9-4-3-5-14-12(9)15-7-10(2)16-11(6-13)8-15/h3-5,10-11H,6-8H2,1-2H3. The predicted octanol–water partition coefficient (Wildman–Crippen LogP) is 2.22. The highest BCUT2D eigenvalue weighted by atomic mass is 35.5. The van der Waals surface area contributed by atoms with Gasteiger partial charge in [0.2, 0.25) is 0 Å². The van der Waals surface area contributed by atoms with Crippen LogP contribution >= 0.6 is 11.6 Å². The summed E-state index contributed by atoms with van der Waals surface area (Å²) in [5.74, 6) is 1.58. The second-order valence-corrected chi connectivity index (χ2v) is 4.58. The van der Waals surface area contributed by atoms with Crippen molar-refractivity contribution in [3.63, 3.8) is 0 Å². The van der Waals surface area contributed by atoms with E-state index in [0.717, 1.165) is 18.9 Å². The van der Waals surface area contributed by atoms with Gasteiger partial charge in [0.05, 0.1) is 18.1 Å². The SMILES string of the molecule is Cc1cccnc1N1CC(C)OC(CCl)C1. The van der Waals surface area contributed by atoms with Crippen molar-refractivity contribution in [1.29, 1.82) is 0 Å². The van der Waals surface area contributed by atoms with Crippen LogP contribution in [0.15, 0.2) is 18.3 Å². The third kappa shape index (κ3) is 2.47. The number of alkyl halides is 1. The first-order valence-corrected chi connectivity index (χ1v) is 6.12. The molecule has 1 aromatic rings. The molecule has 4 heteroatoms. The molecule has 0 radical (unpaired) electrons. The van der Waals surface area contributed by atoms with E-state index in [1.807, 2.05) is 12.3 Å². The van der Waals surface area contributed by atoms with Gasteiger partial charge in [0.1, 0.15) is 5.82 Å². The van der Waals surface area contributed by atoms with Crippen LogP contribution in [0, 0.1) is 6.92 Å². The van der Waals surface area contributed by atoms with Gasteiger partial charge in [-0.25, -0.2) is 4.98 Å². The van der Waals surface area contributed by atoms with Crippen LogP contribution in [0.25, 0.3) is 0 Å². The molecule has 2 rings (SSSR count). The third-order valence-corrected chi connectivity index (χ3v) is 3.12. The van der Waals surface area contributed by atoms with Crippen molar-refractivity contribution < 1.29 is 4.74 Å². The minimum absolute atomic E-state index is 0.104. The van der Waals surface area contributed by atoms with Gasteiger partial charge in [-0.3, -0.25) is 0 Å². The van der Waals surface area contributed by atoms with Gasteiger partial charge in [0, 0.05) is 19.3 Å². The van der Waals surface area contributed by atoms with Crippen LogP contribution in [0.2, 0.25) is 0 Å². The maximum Gasteiger partial charge on any atom is 0.131 e. The molecule has 2 atom stereocenters. The van der Waals surface area contributed by atoms with Gasteiger partial charge in [-0.2, -0.15) is 0 Å². The minimum atomic E-state index is 0.104. The van der Waals surface area contributed by atoms with E-state index in [1.54, 1.807) is 0 Å². The summed E-state index contributed by atoms with van der Waals surface area (Å²) >= 11 is 5.87. The molecule has 0 N–H and O–H groups in total. The fourth-order valence-corrected chi connectivity index (χ4v) is 2.28. The average Bonchev–Trinajstić information content (AvgIpc) is 2.28. The average molecular weight is 241 g/mol. The van der Waals surface area contributed by atoms with Crippen LogP contribution in [0.5, 0.6) is 0 Å². The number of rotatable bonds is 2. The number of halogens is 1. The topological polar surface area (TPSA) is 25.4 Å². The number of pyridine rings is 1. The summed E-state index contributed by atoms with van der Waals surface area (Å²) in [6, 6.07) is 4.04. The van der Waals surface area contributed by atoms with Gasteiger partial charge in [0.15, 0.2) is 0 Å². The van der Waals surface area contributed by atoms with Crippen LogP contribution in [0.4, 0.5) is 5.82 Å². The molecule has 0 aromatic carbocycles. The molecule has 1 aliphatic rings. The molecule has 1 aliphatic heterocycles. The summed E-state index contributed by atoms with van der Waals surface area (Å²) in [5, 5.41) is 0. The number of ether oxygens (including phenoxy) is 1. The molecule has 1 fully saturated rings. The Hall–Kier alpha value is -0.800. The molecule has 88 valence electrons. The lowest BCUT2D eigenvalue weighted by atomic mass is 10.2. The van der Waals surface area contributed by atoms with Crippen molar-refractivity contribution >= 4 is 17.4 Å². The Balaban J connectivity index is 2.17. The molecule has 0 aliphatic carbocycles. The summed E-state index contributed by atoms with van der Waals surface area (Å²) < 4.78 is 5.73. The van der Waals surface area contributed by atoms with E-state index in [4.69, 9.17) is 16.3 Å². The first-order valence-electron chi connectivity index (χ1n) is 5.58. The van der Waals surface area contributed by atoms with Crippen LogP contribution < -0.4 is 4.90 Å². The Labute approximate surface area is 101 Å². The molecule has 0 saturated carbocycles. The Morgan fingerprint density at radius 3 is 3.06 bits per heavy atom. The third-order valence-electron chi connectivity index (χ3n) is 2.78. The van der Waals surface area contributed by atoms with Crippen molar-refractivity contribution in [2.75, 3.05) is 23.9 Å². The van der Waals surface area contributed by atoms with Gasteiger partial charge >= 0.3 is 0 Å². The largest absolute Gasteiger partial charge is 0.370 e. The smallest absolute Gasteiger partial charge is 0.131 e. The summed E-state index contributed by atoms with van der Waals surface area (Å²) in [5.41, 5.74) is 1.20. The maximum absolute atomic E-state index is 5.87. The van der Waals surface area contributed by atoms with Gasteiger partial charge in [-0.05, 0) is 25.5 Å². The van der Waals surface area contributed by atoms with E-state index in [1.165, 1.54) is 5.56 Å². The number of nitrogens with zero attached hydrogens (tertiary/aromatic N) is 2. The van der Waals surface area contributed by atoms with E-state index in [9.17, 15) is 0 Å². The summed E-state index contributed by atoms with van der Waals surface area (Å²) in [4.78, 5) is 6.69. The van der Waals surface area contributed by atoms with Crippen LogP contribution in [0.1, 0.15) is 12.5 Å². The lowest BCUT2D eigenvalue weighted by Gasteiger charge is -2.37. The van der Waals surface area contributed by atoms with E-state index in [-0.39, 0.29) is 12.2 Å². The van der Waals surface area contributed by atoms with Crippen molar-refractivity contribution in [2.24, 2.45) is 0 Å². The fourth-order valence-electron chi connectivity index (χ4n) is 2.11. The number of hydrogen-bond acceptors (Lipinski definition) is 3. The number of aryl methyl sites for hydroxylation is 1. The Morgan fingerprint density at radius 2 is 2.38 bits per heavy atom.